The van der Waals surface area contributed by atoms with E-state index in [2.05, 4.69) is 12.6 Å². The summed E-state index contributed by atoms with van der Waals surface area (Å²) in [5.74, 6) is 0.367. The molecule has 2 amide bonds. The SMILES string of the molecule is C=CCN1C(=O)S/C(=C/c2cc(Cl)c(OCc3ccccc3C#N)c(OCC)c2)C1=O. The number of nitriles is 1. The molecule has 0 aliphatic carbocycles. The number of rotatable bonds is 8. The number of benzene rings is 2. The van der Waals surface area contributed by atoms with Crippen LogP contribution in [-0.2, 0) is 11.4 Å². The first kappa shape index (κ1) is 22.5. The molecule has 1 aliphatic rings. The van der Waals surface area contributed by atoms with Crippen molar-refractivity contribution in [3.8, 4) is 17.6 Å². The van der Waals surface area contributed by atoms with Crippen molar-refractivity contribution in [2.75, 3.05) is 13.2 Å². The molecule has 0 N–H and O–H groups in total. The highest BCUT2D eigenvalue weighted by Crippen LogP contribution is 2.39. The Hall–Kier alpha value is -3.21. The third-order valence-electron chi connectivity index (χ3n) is 4.32. The lowest BCUT2D eigenvalue weighted by molar-refractivity contribution is -0.122. The van der Waals surface area contributed by atoms with Crippen molar-refractivity contribution in [1.82, 2.24) is 4.90 Å². The number of carbonyl (C=O) groups is 2. The number of nitrogens with zero attached hydrogens (tertiary/aromatic N) is 2. The normalized spacial score (nSPS) is 14.6. The first-order valence-corrected chi connectivity index (χ1v) is 10.6. The molecule has 2 aromatic rings. The summed E-state index contributed by atoms with van der Waals surface area (Å²) >= 11 is 7.32. The first-order chi connectivity index (χ1) is 15.0. The third-order valence-corrected chi connectivity index (χ3v) is 5.51. The van der Waals surface area contributed by atoms with Gasteiger partial charge < -0.3 is 9.47 Å². The van der Waals surface area contributed by atoms with E-state index in [4.69, 9.17) is 21.1 Å². The molecule has 2 aromatic carbocycles. The molecule has 0 radical (unpaired) electrons. The van der Waals surface area contributed by atoms with E-state index < -0.39 is 0 Å². The number of amides is 2. The number of hydrogen-bond donors (Lipinski definition) is 0. The zero-order valence-corrected chi connectivity index (χ0v) is 18.3. The summed E-state index contributed by atoms with van der Waals surface area (Å²) in [5, 5.41) is 9.19. The number of hydrogen-bond acceptors (Lipinski definition) is 6. The zero-order valence-electron chi connectivity index (χ0n) is 16.8. The zero-order chi connectivity index (χ0) is 22.4. The highest BCUT2D eigenvalue weighted by molar-refractivity contribution is 8.18. The van der Waals surface area contributed by atoms with Crippen LogP contribution in [0.3, 0.4) is 0 Å². The van der Waals surface area contributed by atoms with Gasteiger partial charge in [0.25, 0.3) is 11.1 Å². The monoisotopic (exact) mass is 454 g/mol. The molecule has 6 nitrogen and oxygen atoms in total. The van der Waals surface area contributed by atoms with Gasteiger partial charge in [-0.15, -0.1) is 6.58 Å². The standard InChI is InChI=1S/C23H19ClN2O4S/c1-3-9-26-22(27)20(31-23(26)28)12-15-10-18(24)21(19(11-15)29-4-2)30-14-17-8-6-5-7-16(17)13-25/h3,5-8,10-12H,1,4,9,14H2,2H3/b20-12+. The van der Waals surface area contributed by atoms with Crippen molar-refractivity contribution >= 4 is 40.6 Å². The first-order valence-electron chi connectivity index (χ1n) is 9.41. The fourth-order valence-electron chi connectivity index (χ4n) is 2.92. The lowest BCUT2D eigenvalue weighted by atomic mass is 10.1. The molecule has 1 aliphatic heterocycles. The van der Waals surface area contributed by atoms with Gasteiger partial charge in [0.1, 0.15) is 6.61 Å². The van der Waals surface area contributed by atoms with E-state index in [1.54, 1.807) is 36.4 Å². The van der Waals surface area contributed by atoms with Crippen molar-refractivity contribution in [2.45, 2.75) is 13.5 Å². The van der Waals surface area contributed by atoms with Gasteiger partial charge in [-0.25, -0.2) is 0 Å². The fraction of sp³-hybridized carbons (Fsp3) is 0.174. The van der Waals surface area contributed by atoms with Crippen molar-refractivity contribution in [3.05, 3.63) is 75.7 Å². The topological polar surface area (TPSA) is 79.6 Å². The average Bonchev–Trinajstić information content (AvgIpc) is 3.01. The Kier molecular flexibility index (Phi) is 7.40. The Labute approximate surface area is 189 Å². The average molecular weight is 455 g/mol. The summed E-state index contributed by atoms with van der Waals surface area (Å²) in [6, 6.07) is 12.6. The van der Waals surface area contributed by atoms with Crippen LogP contribution in [0.2, 0.25) is 5.02 Å². The van der Waals surface area contributed by atoms with Crippen LogP contribution in [0.5, 0.6) is 11.5 Å². The molecule has 1 heterocycles. The summed E-state index contributed by atoms with van der Waals surface area (Å²) in [6.45, 7) is 6.07. The van der Waals surface area contributed by atoms with Gasteiger partial charge >= 0.3 is 0 Å². The Bertz CT molecular complexity index is 1110. The van der Waals surface area contributed by atoms with Gasteiger partial charge in [0, 0.05) is 12.1 Å². The maximum Gasteiger partial charge on any atom is 0.293 e. The summed E-state index contributed by atoms with van der Waals surface area (Å²) in [6.07, 6.45) is 3.09. The smallest absolute Gasteiger partial charge is 0.293 e. The summed E-state index contributed by atoms with van der Waals surface area (Å²) in [4.78, 5) is 25.9. The fourth-order valence-corrected chi connectivity index (χ4v) is 4.04. The van der Waals surface area contributed by atoms with Crippen LogP contribution in [0.4, 0.5) is 4.79 Å². The van der Waals surface area contributed by atoms with Crippen LogP contribution in [0, 0.1) is 11.3 Å². The van der Waals surface area contributed by atoms with Crippen LogP contribution in [0.15, 0.2) is 54.0 Å². The summed E-state index contributed by atoms with van der Waals surface area (Å²) in [5.41, 5.74) is 1.84. The van der Waals surface area contributed by atoms with Crippen molar-refractivity contribution < 1.29 is 19.1 Å². The number of thioether (sulfide) groups is 1. The van der Waals surface area contributed by atoms with Crippen LogP contribution in [0.1, 0.15) is 23.6 Å². The van der Waals surface area contributed by atoms with Gasteiger partial charge in [-0.1, -0.05) is 35.9 Å². The minimum absolute atomic E-state index is 0.142. The molecule has 3 rings (SSSR count). The van der Waals surface area contributed by atoms with E-state index >= 15 is 0 Å². The van der Waals surface area contributed by atoms with Crippen molar-refractivity contribution in [3.63, 3.8) is 0 Å². The largest absolute Gasteiger partial charge is 0.490 e. The molecule has 0 atom stereocenters. The Balaban J connectivity index is 1.89. The molecule has 31 heavy (non-hydrogen) atoms. The van der Waals surface area contributed by atoms with Crippen molar-refractivity contribution in [2.24, 2.45) is 0 Å². The van der Waals surface area contributed by atoms with Gasteiger partial charge in [0.05, 0.1) is 28.2 Å². The lowest BCUT2D eigenvalue weighted by Crippen LogP contribution is -2.27. The van der Waals surface area contributed by atoms with Gasteiger partial charge in [-0.2, -0.15) is 5.26 Å². The maximum absolute atomic E-state index is 12.4. The maximum atomic E-state index is 12.4. The van der Waals surface area contributed by atoms with E-state index in [9.17, 15) is 14.9 Å². The second kappa shape index (κ2) is 10.2. The molecule has 8 heteroatoms. The van der Waals surface area contributed by atoms with Gasteiger partial charge in [-0.05, 0) is 48.5 Å². The predicted molar refractivity (Wildman–Crippen MR) is 121 cm³/mol. The van der Waals surface area contributed by atoms with E-state index in [0.717, 1.165) is 22.2 Å². The second-order valence-electron chi connectivity index (χ2n) is 6.40. The molecular formula is C23H19ClN2O4S. The number of ether oxygens (including phenoxy) is 2. The van der Waals surface area contributed by atoms with E-state index in [-0.39, 0.29) is 29.3 Å². The van der Waals surface area contributed by atoms with E-state index in [0.29, 0.717) is 34.1 Å². The molecule has 0 aromatic heterocycles. The van der Waals surface area contributed by atoms with E-state index in [1.807, 2.05) is 13.0 Å². The molecule has 158 valence electrons. The number of halogens is 1. The predicted octanol–water partition coefficient (Wildman–Crippen LogP) is 5.41. The lowest BCUT2D eigenvalue weighted by Gasteiger charge is -2.15. The molecule has 0 spiro atoms. The summed E-state index contributed by atoms with van der Waals surface area (Å²) in [7, 11) is 0. The summed E-state index contributed by atoms with van der Waals surface area (Å²) < 4.78 is 11.6. The number of imide groups is 1. The molecule has 0 saturated carbocycles. The van der Waals surface area contributed by atoms with Crippen LogP contribution in [0.25, 0.3) is 6.08 Å². The molecule has 1 fully saturated rings. The van der Waals surface area contributed by atoms with Crippen LogP contribution in [-0.4, -0.2) is 29.2 Å². The Morgan fingerprint density at radius 2 is 2.03 bits per heavy atom. The van der Waals surface area contributed by atoms with Gasteiger partial charge in [-0.3, -0.25) is 14.5 Å². The highest BCUT2D eigenvalue weighted by Gasteiger charge is 2.34. The number of carbonyl (C=O) groups excluding carboxylic acids is 2. The highest BCUT2D eigenvalue weighted by atomic mass is 35.5. The van der Waals surface area contributed by atoms with Crippen LogP contribution >= 0.6 is 23.4 Å². The molecule has 0 bridgehead atoms. The van der Waals surface area contributed by atoms with Gasteiger partial charge in [0.2, 0.25) is 0 Å². The third kappa shape index (κ3) is 5.10. The van der Waals surface area contributed by atoms with Crippen molar-refractivity contribution in [1.29, 1.82) is 5.26 Å². The molecule has 1 saturated heterocycles. The quantitative estimate of drug-likeness (QED) is 0.392. The Morgan fingerprint density at radius 3 is 2.74 bits per heavy atom. The second-order valence-corrected chi connectivity index (χ2v) is 7.80. The van der Waals surface area contributed by atoms with Gasteiger partial charge in [0.15, 0.2) is 11.5 Å². The van der Waals surface area contributed by atoms with E-state index in [1.165, 1.54) is 6.08 Å². The molecular weight excluding hydrogens is 436 g/mol. The minimum Gasteiger partial charge on any atom is -0.490 e. The van der Waals surface area contributed by atoms with Crippen LogP contribution < -0.4 is 9.47 Å². The molecule has 0 unspecified atom stereocenters. The Morgan fingerprint density at radius 1 is 1.26 bits per heavy atom. The minimum atomic E-state index is -0.377.